The summed E-state index contributed by atoms with van der Waals surface area (Å²) in [5.74, 6) is -0.0609. The number of nitrogens with one attached hydrogen (secondary N) is 1. The quantitative estimate of drug-likeness (QED) is 0.753. The number of aromatic amines is 1. The van der Waals surface area contributed by atoms with Crippen LogP contribution < -0.4 is 5.69 Å². The van der Waals surface area contributed by atoms with E-state index < -0.39 is 6.04 Å². The fourth-order valence-corrected chi connectivity index (χ4v) is 1.23. The molecule has 1 aromatic rings. The fourth-order valence-electron chi connectivity index (χ4n) is 1.23. The third-order valence-electron chi connectivity index (χ3n) is 2.30. The van der Waals surface area contributed by atoms with Crippen LogP contribution in [0.3, 0.4) is 0 Å². The molecule has 0 aromatic carbocycles. The highest BCUT2D eigenvalue weighted by atomic mass is 16.2. The topological polar surface area (TPSA) is 58.1 Å². The minimum absolute atomic E-state index is 0.0609. The molecule has 1 unspecified atom stereocenters. The SMILES string of the molecule is CCN(C)C(=O)C(C)n1cc[nH]c1=O. The molecule has 0 aliphatic carbocycles. The van der Waals surface area contributed by atoms with Gasteiger partial charge < -0.3 is 9.88 Å². The Balaban J connectivity index is 2.86. The van der Waals surface area contributed by atoms with Gasteiger partial charge in [0.25, 0.3) is 0 Å². The van der Waals surface area contributed by atoms with Crippen molar-refractivity contribution in [3.05, 3.63) is 22.9 Å². The first-order valence-corrected chi connectivity index (χ1v) is 4.58. The van der Waals surface area contributed by atoms with Crippen LogP contribution in [0, 0.1) is 0 Å². The molecular formula is C9H15N3O2. The van der Waals surface area contributed by atoms with E-state index in [0.717, 1.165) is 0 Å². The summed E-state index contributed by atoms with van der Waals surface area (Å²) >= 11 is 0. The molecule has 0 spiro atoms. The first-order valence-electron chi connectivity index (χ1n) is 4.58. The van der Waals surface area contributed by atoms with Crippen LogP contribution in [0.25, 0.3) is 0 Å². The highest BCUT2D eigenvalue weighted by Crippen LogP contribution is 2.05. The highest BCUT2D eigenvalue weighted by molar-refractivity contribution is 5.79. The summed E-state index contributed by atoms with van der Waals surface area (Å²) in [6.45, 7) is 4.25. The van der Waals surface area contributed by atoms with Crippen molar-refractivity contribution < 1.29 is 4.79 Å². The van der Waals surface area contributed by atoms with Gasteiger partial charge in [0.1, 0.15) is 6.04 Å². The lowest BCUT2D eigenvalue weighted by molar-refractivity contribution is -0.132. The fraction of sp³-hybridized carbons (Fsp3) is 0.556. The van der Waals surface area contributed by atoms with Crippen molar-refractivity contribution in [2.24, 2.45) is 0 Å². The average Bonchev–Trinajstić information content (AvgIpc) is 2.61. The van der Waals surface area contributed by atoms with Gasteiger partial charge in [-0.15, -0.1) is 0 Å². The lowest BCUT2D eigenvalue weighted by Crippen LogP contribution is -2.35. The minimum Gasteiger partial charge on any atom is -0.344 e. The van der Waals surface area contributed by atoms with Gasteiger partial charge in [0.05, 0.1) is 0 Å². The Morgan fingerprint density at radius 3 is 2.79 bits per heavy atom. The molecule has 0 radical (unpaired) electrons. The van der Waals surface area contributed by atoms with Crippen LogP contribution in [-0.4, -0.2) is 34.0 Å². The van der Waals surface area contributed by atoms with E-state index in [-0.39, 0.29) is 11.6 Å². The van der Waals surface area contributed by atoms with E-state index in [4.69, 9.17) is 0 Å². The zero-order chi connectivity index (χ0) is 10.7. The summed E-state index contributed by atoms with van der Waals surface area (Å²) in [4.78, 5) is 27.0. The molecule has 0 saturated carbocycles. The van der Waals surface area contributed by atoms with Crippen LogP contribution in [-0.2, 0) is 4.79 Å². The lowest BCUT2D eigenvalue weighted by Gasteiger charge is -2.19. The number of aromatic nitrogens is 2. The van der Waals surface area contributed by atoms with Crippen molar-refractivity contribution in [1.29, 1.82) is 0 Å². The number of carbonyl (C=O) groups is 1. The number of H-pyrrole nitrogens is 1. The van der Waals surface area contributed by atoms with Crippen LogP contribution in [0.4, 0.5) is 0 Å². The molecule has 5 nitrogen and oxygen atoms in total. The van der Waals surface area contributed by atoms with Crippen molar-refractivity contribution in [2.45, 2.75) is 19.9 Å². The molecule has 1 amide bonds. The number of amides is 1. The van der Waals surface area contributed by atoms with E-state index in [1.807, 2.05) is 6.92 Å². The Bertz CT molecular complexity index is 366. The minimum atomic E-state index is -0.446. The number of hydrogen-bond acceptors (Lipinski definition) is 2. The van der Waals surface area contributed by atoms with Gasteiger partial charge in [-0.25, -0.2) is 4.79 Å². The highest BCUT2D eigenvalue weighted by Gasteiger charge is 2.18. The van der Waals surface area contributed by atoms with Crippen LogP contribution in [0.5, 0.6) is 0 Å². The summed E-state index contributed by atoms with van der Waals surface area (Å²) in [6, 6.07) is -0.446. The molecule has 0 fully saturated rings. The van der Waals surface area contributed by atoms with Crippen molar-refractivity contribution in [3.63, 3.8) is 0 Å². The zero-order valence-electron chi connectivity index (χ0n) is 8.65. The van der Waals surface area contributed by atoms with Crippen molar-refractivity contribution in [3.8, 4) is 0 Å². The molecule has 0 aliphatic heterocycles. The van der Waals surface area contributed by atoms with Gasteiger partial charge in [0.2, 0.25) is 5.91 Å². The summed E-state index contributed by atoms with van der Waals surface area (Å²) < 4.78 is 1.38. The second-order valence-corrected chi connectivity index (χ2v) is 3.20. The molecular weight excluding hydrogens is 182 g/mol. The van der Waals surface area contributed by atoms with E-state index in [9.17, 15) is 9.59 Å². The van der Waals surface area contributed by atoms with E-state index in [1.165, 1.54) is 10.8 Å². The standard InChI is InChI=1S/C9H15N3O2/c1-4-11(3)8(13)7(2)12-6-5-10-9(12)14/h5-7H,4H2,1-3H3,(H,10,14). The molecule has 1 atom stereocenters. The van der Waals surface area contributed by atoms with E-state index >= 15 is 0 Å². The number of imidazole rings is 1. The molecule has 5 heteroatoms. The Morgan fingerprint density at radius 1 is 1.71 bits per heavy atom. The maximum Gasteiger partial charge on any atom is 0.326 e. The van der Waals surface area contributed by atoms with Gasteiger partial charge in [-0.05, 0) is 13.8 Å². The van der Waals surface area contributed by atoms with E-state index in [0.29, 0.717) is 6.54 Å². The number of hydrogen-bond donors (Lipinski definition) is 1. The number of nitrogens with zero attached hydrogens (tertiary/aromatic N) is 2. The lowest BCUT2D eigenvalue weighted by atomic mass is 10.3. The third-order valence-corrected chi connectivity index (χ3v) is 2.30. The molecule has 0 bridgehead atoms. The van der Waals surface area contributed by atoms with Crippen LogP contribution in [0.1, 0.15) is 19.9 Å². The van der Waals surface area contributed by atoms with Crippen molar-refractivity contribution in [2.75, 3.05) is 13.6 Å². The first-order chi connectivity index (χ1) is 6.57. The number of rotatable bonds is 3. The van der Waals surface area contributed by atoms with Crippen LogP contribution in [0.2, 0.25) is 0 Å². The predicted molar refractivity (Wildman–Crippen MR) is 53.1 cm³/mol. The van der Waals surface area contributed by atoms with Crippen LogP contribution in [0.15, 0.2) is 17.2 Å². The summed E-state index contributed by atoms with van der Waals surface area (Å²) in [5, 5.41) is 0. The Morgan fingerprint density at radius 2 is 2.36 bits per heavy atom. The number of likely N-dealkylation sites (N-methyl/N-ethyl adjacent to an activating group) is 1. The van der Waals surface area contributed by atoms with E-state index in [2.05, 4.69) is 4.98 Å². The van der Waals surface area contributed by atoms with Gasteiger partial charge >= 0.3 is 5.69 Å². The second-order valence-electron chi connectivity index (χ2n) is 3.20. The van der Waals surface area contributed by atoms with Gasteiger partial charge in [0.15, 0.2) is 0 Å². The molecule has 1 N–H and O–H groups in total. The van der Waals surface area contributed by atoms with Gasteiger partial charge in [-0.1, -0.05) is 0 Å². The maximum absolute atomic E-state index is 11.7. The Labute approximate surface area is 82.3 Å². The maximum atomic E-state index is 11.7. The Kier molecular flexibility index (Phi) is 3.11. The number of carbonyl (C=O) groups excluding carboxylic acids is 1. The first kappa shape index (κ1) is 10.6. The molecule has 78 valence electrons. The Hall–Kier alpha value is -1.52. The third kappa shape index (κ3) is 1.86. The predicted octanol–water partition coefficient (Wildman–Crippen LogP) is 0.216. The van der Waals surface area contributed by atoms with Crippen molar-refractivity contribution >= 4 is 5.91 Å². The van der Waals surface area contributed by atoms with Gasteiger partial charge in [-0.2, -0.15) is 0 Å². The summed E-state index contributed by atoms with van der Waals surface area (Å²) in [6.07, 6.45) is 3.10. The molecule has 1 heterocycles. The zero-order valence-corrected chi connectivity index (χ0v) is 8.65. The molecule has 1 rings (SSSR count). The monoisotopic (exact) mass is 197 g/mol. The largest absolute Gasteiger partial charge is 0.344 e. The normalized spacial score (nSPS) is 12.5. The van der Waals surface area contributed by atoms with Crippen LogP contribution >= 0.6 is 0 Å². The molecule has 0 aliphatic rings. The van der Waals surface area contributed by atoms with Crippen molar-refractivity contribution in [1.82, 2.24) is 14.5 Å². The average molecular weight is 197 g/mol. The van der Waals surface area contributed by atoms with E-state index in [1.54, 1.807) is 25.1 Å². The molecule has 0 saturated heterocycles. The summed E-state index contributed by atoms with van der Waals surface area (Å²) in [7, 11) is 1.72. The van der Waals surface area contributed by atoms with Gasteiger partial charge in [-0.3, -0.25) is 9.36 Å². The smallest absolute Gasteiger partial charge is 0.326 e. The second kappa shape index (κ2) is 4.13. The molecule has 1 aromatic heterocycles. The summed E-state index contributed by atoms with van der Waals surface area (Å²) in [5.41, 5.74) is -0.254. The van der Waals surface area contributed by atoms with Gasteiger partial charge in [0, 0.05) is 26.0 Å². The molecule has 14 heavy (non-hydrogen) atoms.